The Labute approximate surface area is 151 Å². The van der Waals surface area contributed by atoms with Gasteiger partial charge in [-0.15, -0.1) is 0 Å². The van der Waals surface area contributed by atoms with E-state index < -0.39 is 0 Å². The molecule has 7 heteroatoms. The molecule has 0 spiro atoms. The first-order valence-electron chi connectivity index (χ1n) is 8.44. The third-order valence-electron chi connectivity index (χ3n) is 3.72. The Morgan fingerprint density at radius 1 is 1.12 bits per heavy atom. The fourth-order valence-electron chi connectivity index (χ4n) is 2.39. The molecule has 134 valence electrons. The predicted octanol–water partition coefficient (Wildman–Crippen LogP) is 2.66. The summed E-state index contributed by atoms with van der Waals surface area (Å²) in [7, 11) is 0. The maximum absolute atomic E-state index is 13.0. The van der Waals surface area contributed by atoms with E-state index >= 15 is 0 Å². The fraction of sp³-hybridized carbons (Fsp3) is 0.211. The lowest BCUT2D eigenvalue weighted by Gasteiger charge is -2.11. The van der Waals surface area contributed by atoms with Gasteiger partial charge in [-0.25, -0.2) is 19.4 Å². The van der Waals surface area contributed by atoms with Crippen molar-refractivity contribution in [3.05, 3.63) is 78.3 Å². The summed E-state index contributed by atoms with van der Waals surface area (Å²) in [4.78, 5) is 13.0. The largest absolute Gasteiger partial charge is 0.357 e. The number of nitrogens with zero attached hydrogens (tertiary/aromatic N) is 4. The third-order valence-corrected chi connectivity index (χ3v) is 3.72. The van der Waals surface area contributed by atoms with Gasteiger partial charge in [0.15, 0.2) is 5.96 Å². The van der Waals surface area contributed by atoms with Gasteiger partial charge in [-0.2, -0.15) is 0 Å². The summed E-state index contributed by atoms with van der Waals surface area (Å²) < 4.78 is 14.8. The Balaban J connectivity index is 1.65. The van der Waals surface area contributed by atoms with Crippen molar-refractivity contribution in [2.24, 2.45) is 4.99 Å². The van der Waals surface area contributed by atoms with Crippen molar-refractivity contribution in [3.63, 3.8) is 0 Å². The van der Waals surface area contributed by atoms with Gasteiger partial charge in [-0.05, 0) is 42.3 Å². The van der Waals surface area contributed by atoms with Gasteiger partial charge in [0.25, 0.3) is 0 Å². The molecule has 0 aliphatic carbocycles. The molecule has 0 saturated heterocycles. The average molecular weight is 352 g/mol. The van der Waals surface area contributed by atoms with E-state index in [9.17, 15) is 4.39 Å². The van der Waals surface area contributed by atoms with Crippen molar-refractivity contribution in [1.82, 2.24) is 25.2 Å². The Hall–Kier alpha value is -3.22. The molecule has 2 heterocycles. The second-order valence-electron chi connectivity index (χ2n) is 5.67. The first kappa shape index (κ1) is 17.6. The van der Waals surface area contributed by atoms with Gasteiger partial charge < -0.3 is 10.6 Å². The van der Waals surface area contributed by atoms with Crippen LogP contribution in [-0.2, 0) is 13.1 Å². The number of nitrogens with one attached hydrogen (secondary N) is 2. The van der Waals surface area contributed by atoms with Crippen molar-refractivity contribution < 1.29 is 4.39 Å². The van der Waals surface area contributed by atoms with Gasteiger partial charge >= 0.3 is 0 Å². The molecule has 1 aromatic carbocycles. The van der Waals surface area contributed by atoms with Crippen LogP contribution in [0.2, 0.25) is 0 Å². The maximum Gasteiger partial charge on any atom is 0.191 e. The molecule has 0 bridgehead atoms. The first-order valence-corrected chi connectivity index (χ1v) is 8.44. The van der Waals surface area contributed by atoms with Crippen LogP contribution in [0.4, 0.5) is 4.39 Å². The quantitative estimate of drug-likeness (QED) is 0.529. The molecule has 0 saturated carbocycles. The van der Waals surface area contributed by atoms with E-state index in [0.29, 0.717) is 19.0 Å². The molecular weight excluding hydrogens is 331 g/mol. The Kier molecular flexibility index (Phi) is 5.92. The standard InChI is InChI=1S/C19H21FN6/c1-2-22-19(24-12-15-3-5-17(20)6-4-15)25-13-16-7-8-23-18(11-16)26-10-9-21-14-26/h3-11,14H,2,12-13H2,1H3,(H2,22,24,25). The molecule has 0 fully saturated rings. The molecule has 0 aliphatic heterocycles. The first-order chi connectivity index (χ1) is 12.7. The molecule has 6 nitrogen and oxygen atoms in total. The number of guanidine groups is 1. The number of aromatic nitrogens is 3. The molecule has 2 aromatic heterocycles. The van der Waals surface area contributed by atoms with E-state index in [1.54, 1.807) is 30.9 Å². The summed E-state index contributed by atoms with van der Waals surface area (Å²) in [5.41, 5.74) is 2.03. The van der Waals surface area contributed by atoms with Crippen LogP contribution in [0.1, 0.15) is 18.1 Å². The Bertz CT molecular complexity index is 843. The van der Waals surface area contributed by atoms with Crippen LogP contribution in [-0.4, -0.2) is 27.0 Å². The molecule has 0 atom stereocenters. The Morgan fingerprint density at radius 3 is 2.69 bits per heavy atom. The number of pyridine rings is 1. The predicted molar refractivity (Wildman–Crippen MR) is 99.4 cm³/mol. The van der Waals surface area contributed by atoms with Crippen LogP contribution in [0, 0.1) is 5.82 Å². The second-order valence-corrected chi connectivity index (χ2v) is 5.67. The number of aliphatic imine (C=N–C) groups is 1. The molecule has 26 heavy (non-hydrogen) atoms. The molecule has 0 amide bonds. The average Bonchev–Trinajstić information content (AvgIpc) is 3.20. The molecular formula is C19H21FN6. The summed E-state index contributed by atoms with van der Waals surface area (Å²) in [6.07, 6.45) is 7.04. The third kappa shape index (κ3) is 4.89. The number of hydrogen-bond acceptors (Lipinski definition) is 3. The monoisotopic (exact) mass is 352 g/mol. The highest BCUT2D eigenvalue weighted by Crippen LogP contribution is 2.08. The molecule has 3 rings (SSSR count). The fourth-order valence-corrected chi connectivity index (χ4v) is 2.39. The van der Waals surface area contributed by atoms with Crippen molar-refractivity contribution in [1.29, 1.82) is 0 Å². The molecule has 0 aliphatic rings. The molecule has 0 radical (unpaired) electrons. The van der Waals surface area contributed by atoms with Crippen LogP contribution in [0.25, 0.3) is 5.82 Å². The van der Waals surface area contributed by atoms with Crippen molar-refractivity contribution in [2.75, 3.05) is 6.54 Å². The lowest BCUT2D eigenvalue weighted by Crippen LogP contribution is -2.36. The van der Waals surface area contributed by atoms with Gasteiger partial charge in [0, 0.05) is 31.7 Å². The number of rotatable bonds is 6. The van der Waals surface area contributed by atoms with Gasteiger partial charge in [0.1, 0.15) is 18.0 Å². The number of halogens is 1. The summed E-state index contributed by atoms with van der Waals surface area (Å²) >= 11 is 0. The van der Waals surface area contributed by atoms with Crippen LogP contribution in [0.15, 0.2) is 66.3 Å². The highest BCUT2D eigenvalue weighted by atomic mass is 19.1. The number of benzene rings is 1. The van der Waals surface area contributed by atoms with Crippen molar-refractivity contribution in [3.8, 4) is 5.82 Å². The molecule has 0 unspecified atom stereocenters. The van der Waals surface area contributed by atoms with Gasteiger partial charge in [-0.1, -0.05) is 12.1 Å². The Morgan fingerprint density at radius 2 is 1.96 bits per heavy atom. The minimum atomic E-state index is -0.235. The van der Waals surface area contributed by atoms with Crippen molar-refractivity contribution >= 4 is 5.96 Å². The smallest absolute Gasteiger partial charge is 0.191 e. The zero-order valence-electron chi connectivity index (χ0n) is 14.6. The zero-order valence-corrected chi connectivity index (χ0v) is 14.6. The minimum Gasteiger partial charge on any atom is -0.357 e. The highest BCUT2D eigenvalue weighted by molar-refractivity contribution is 5.79. The SMILES string of the molecule is CCNC(=NCc1ccnc(-n2ccnc2)c1)NCc1ccc(F)cc1. The lowest BCUT2D eigenvalue weighted by molar-refractivity contribution is 0.626. The molecule has 3 aromatic rings. The van der Waals surface area contributed by atoms with Gasteiger partial charge in [-0.3, -0.25) is 4.57 Å². The number of imidazole rings is 1. The van der Waals surface area contributed by atoms with E-state index in [0.717, 1.165) is 23.5 Å². The lowest BCUT2D eigenvalue weighted by atomic mass is 10.2. The maximum atomic E-state index is 13.0. The topological polar surface area (TPSA) is 67.1 Å². The van der Waals surface area contributed by atoms with E-state index in [2.05, 4.69) is 25.6 Å². The van der Waals surface area contributed by atoms with Crippen LogP contribution in [0.5, 0.6) is 0 Å². The zero-order chi connectivity index (χ0) is 18.2. The van der Waals surface area contributed by atoms with Gasteiger partial charge in [0.2, 0.25) is 0 Å². The van der Waals surface area contributed by atoms with E-state index in [1.807, 2.05) is 29.8 Å². The summed E-state index contributed by atoms with van der Waals surface area (Å²) in [5.74, 6) is 1.28. The van der Waals surface area contributed by atoms with Crippen LogP contribution < -0.4 is 10.6 Å². The van der Waals surface area contributed by atoms with Crippen LogP contribution in [0.3, 0.4) is 0 Å². The highest BCUT2D eigenvalue weighted by Gasteiger charge is 2.02. The number of hydrogen-bond donors (Lipinski definition) is 2. The van der Waals surface area contributed by atoms with E-state index in [4.69, 9.17) is 0 Å². The second kappa shape index (κ2) is 8.75. The summed E-state index contributed by atoms with van der Waals surface area (Å²) in [6.45, 7) is 3.86. The van der Waals surface area contributed by atoms with E-state index in [-0.39, 0.29) is 5.82 Å². The van der Waals surface area contributed by atoms with E-state index in [1.165, 1.54) is 12.1 Å². The van der Waals surface area contributed by atoms with Gasteiger partial charge in [0.05, 0.1) is 6.54 Å². The molecule has 2 N–H and O–H groups in total. The van der Waals surface area contributed by atoms with Crippen LogP contribution >= 0.6 is 0 Å². The summed E-state index contributed by atoms with van der Waals surface area (Å²) in [6, 6.07) is 10.3. The summed E-state index contributed by atoms with van der Waals surface area (Å²) in [5, 5.41) is 6.47. The normalized spacial score (nSPS) is 11.4. The van der Waals surface area contributed by atoms with Crippen molar-refractivity contribution in [2.45, 2.75) is 20.0 Å². The minimum absolute atomic E-state index is 0.235.